The first-order chi connectivity index (χ1) is 17.5. The Balaban J connectivity index is 1.72. The molecule has 0 unspecified atom stereocenters. The van der Waals surface area contributed by atoms with Gasteiger partial charge >= 0.3 is 0 Å². The fourth-order valence-corrected chi connectivity index (χ4v) is 4.32. The highest BCUT2D eigenvalue weighted by atomic mass is 16.5. The van der Waals surface area contributed by atoms with Gasteiger partial charge in [-0.15, -0.1) is 0 Å². The Labute approximate surface area is 210 Å². The van der Waals surface area contributed by atoms with Crippen molar-refractivity contribution in [2.75, 3.05) is 40.5 Å². The number of allylic oxidation sites excluding steroid dienone is 2. The maximum atomic E-state index is 13.5. The highest BCUT2D eigenvalue weighted by Gasteiger charge is 2.35. The molecule has 0 bridgehead atoms. The summed E-state index contributed by atoms with van der Waals surface area (Å²) >= 11 is 0. The summed E-state index contributed by atoms with van der Waals surface area (Å²) in [4.78, 5) is 41.3. The molecule has 1 saturated heterocycles. The van der Waals surface area contributed by atoms with Crippen molar-refractivity contribution in [1.82, 2.24) is 4.90 Å². The SMILES string of the molecule is COC1=C(OC)C(=O)C(Cc2cccc(C(=O)N3CCOCC3)c2OCc2ccccc2)=C(C)C1=O. The van der Waals surface area contributed by atoms with Crippen molar-refractivity contribution in [3.05, 3.63) is 87.9 Å². The van der Waals surface area contributed by atoms with Gasteiger partial charge in [-0.3, -0.25) is 14.4 Å². The molecule has 1 aliphatic carbocycles. The lowest BCUT2D eigenvalue weighted by molar-refractivity contribution is -0.121. The molecule has 36 heavy (non-hydrogen) atoms. The molecule has 0 spiro atoms. The number of rotatable bonds is 8. The van der Waals surface area contributed by atoms with Crippen LogP contribution in [0.5, 0.6) is 5.75 Å². The average molecular weight is 492 g/mol. The van der Waals surface area contributed by atoms with Gasteiger partial charge in [0.1, 0.15) is 12.4 Å². The number of carbonyl (C=O) groups excluding carboxylic acids is 3. The summed E-state index contributed by atoms with van der Waals surface area (Å²) in [6, 6.07) is 14.9. The van der Waals surface area contributed by atoms with Crippen LogP contribution in [-0.4, -0.2) is 62.9 Å². The van der Waals surface area contributed by atoms with Gasteiger partial charge in [-0.2, -0.15) is 0 Å². The Morgan fingerprint density at radius 1 is 0.917 bits per heavy atom. The lowest BCUT2D eigenvalue weighted by Crippen LogP contribution is -2.40. The lowest BCUT2D eigenvalue weighted by atomic mass is 9.88. The van der Waals surface area contributed by atoms with Crippen LogP contribution in [0.3, 0.4) is 0 Å². The van der Waals surface area contributed by atoms with E-state index >= 15 is 0 Å². The van der Waals surface area contributed by atoms with Crippen LogP contribution in [0.1, 0.15) is 28.4 Å². The number of para-hydroxylation sites is 1. The van der Waals surface area contributed by atoms with Crippen molar-refractivity contribution in [1.29, 1.82) is 0 Å². The van der Waals surface area contributed by atoms with E-state index in [4.69, 9.17) is 18.9 Å². The normalized spacial score (nSPS) is 16.4. The van der Waals surface area contributed by atoms with Gasteiger partial charge in [0.25, 0.3) is 5.91 Å². The maximum Gasteiger partial charge on any atom is 0.257 e. The van der Waals surface area contributed by atoms with Crippen molar-refractivity contribution >= 4 is 17.5 Å². The predicted molar refractivity (Wildman–Crippen MR) is 131 cm³/mol. The van der Waals surface area contributed by atoms with Gasteiger partial charge in [-0.1, -0.05) is 42.5 Å². The number of hydrogen-bond donors (Lipinski definition) is 0. The molecule has 4 rings (SSSR count). The van der Waals surface area contributed by atoms with Crippen LogP contribution in [0.15, 0.2) is 71.2 Å². The van der Waals surface area contributed by atoms with Gasteiger partial charge in [0.15, 0.2) is 0 Å². The van der Waals surface area contributed by atoms with Gasteiger partial charge < -0.3 is 23.8 Å². The van der Waals surface area contributed by atoms with Crippen LogP contribution in [0.2, 0.25) is 0 Å². The molecule has 1 heterocycles. The van der Waals surface area contributed by atoms with Gasteiger partial charge in [0.2, 0.25) is 23.1 Å². The fourth-order valence-electron chi connectivity index (χ4n) is 4.32. The molecule has 8 nitrogen and oxygen atoms in total. The van der Waals surface area contributed by atoms with E-state index < -0.39 is 11.6 Å². The fraction of sp³-hybridized carbons (Fsp3) is 0.321. The van der Waals surface area contributed by atoms with Crippen LogP contribution in [0, 0.1) is 0 Å². The number of ketones is 2. The van der Waals surface area contributed by atoms with Crippen LogP contribution >= 0.6 is 0 Å². The summed E-state index contributed by atoms with van der Waals surface area (Å²) in [5.41, 5.74) is 2.51. The molecule has 0 aromatic heterocycles. The Bertz CT molecular complexity index is 1220. The Morgan fingerprint density at radius 3 is 2.25 bits per heavy atom. The van der Waals surface area contributed by atoms with E-state index in [1.54, 1.807) is 30.0 Å². The molecular weight excluding hydrogens is 462 g/mol. The third-order valence-electron chi connectivity index (χ3n) is 6.31. The summed E-state index contributed by atoms with van der Waals surface area (Å²) in [6.07, 6.45) is 0.0919. The smallest absolute Gasteiger partial charge is 0.257 e. The molecular formula is C28H29NO7. The molecule has 8 heteroatoms. The van der Waals surface area contributed by atoms with E-state index in [0.717, 1.165) is 5.56 Å². The van der Waals surface area contributed by atoms with Gasteiger partial charge in [-0.05, 0) is 24.1 Å². The zero-order valence-corrected chi connectivity index (χ0v) is 20.7. The second kappa shape index (κ2) is 11.2. The Morgan fingerprint density at radius 2 is 1.58 bits per heavy atom. The minimum Gasteiger partial charge on any atom is -0.489 e. The van der Waals surface area contributed by atoms with E-state index in [2.05, 4.69) is 0 Å². The van der Waals surface area contributed by atoms with Crippen LogP contribution in [0.25, 0.3) is 0 Å². The Hall–Kier alpha value is -3.91. The zero-order chi connectivity index (χ0) is 25.7. The zero-order valence-electron chi connectivity index (χ0n) is 20.7. The lowest BCUT2D eigenvalue weighted by Gasteiger charge is -2.28. The summed E-state index contributed by atoms with van der Waals surface area (Å²) in [5.74, 6) is -0.851. The van der Waals surface area contributed by atoms with Crippen molar-refractivity contribution < 1.29 is 33.3 Å². The summed E-state index contributed by atoms with van der Waals surface area (Å²) in [6.45, 7) is 3.75. The molecule has 0 N–H and O–H groups in total. The van der Waals surface area contributed by atoms with Crippen molar-refractivity contribution in [3.8, 4) is 5.75 Å². The number of methoxy groups -OCH3 is 2. The van der Waals surface area contributed by atoms with Gasteiger partial charge in [0, 0.05) is 30.7 Å². The van der Waals surface area contributed by atoms with E-state index in [0.29, 0.717) is 43.2 Å². The van der Waals surface area contributed by atoms with Crippen molar-refractivity contribution in [2.45, 2.75) is 20.0 Å². The standard InChI is InChI=1S/C28H29NO7/c1-18-22(24(31)27(34-3)26(33-2)23(18)30)16-20-10-7-11-21(28(32)29-12-14-35-15-13-29)25(20)36-17-19-8-5-4-6-9-19/h4-11H,12-17H2,1-3H3. The molecule has 0 atom stereocenters. The third kappa shape index (κ3) is 5.04. The molecule has 1 aliphatic heterocycles. The largest absolute Gasteiger partial charge is 0.489 e. The second-order valence-electron chi connectivity index (χ2n) is 8.48. The van der Waals surface area contributed by atoms with E-state index in [9.17, 15) is 14.4 Å². The number of benzene rings is 2. The topological polar surface area (TPSA) is 91.4 Å². The number of hydrogen-bond acceptors (Lipinski definition) is 7. The van der Waals surface area contributed by atoms with Crippen LogP contribution < -0.4 is 4.74 Å². The monoisotopic (exact) mass is 491 g/mol. The molecule has 2 aromatic rings. The number of morpholine rings is 1. The molecule has 0 saturated carbocycles. The molecule has 2 aromatic carbocycles. The maximum absolute atomic E-state index is 13.5. The van der Waals surface area contributed by atoms with E-state index in [1.807, 2.05) is 30.3 Å². The summed E-state index contributed by atoms with van der Waals surface area (Å²) < 4.78 is 22.0. The number of amides is 1. The first-order valence-electron chi connectivity index (χ1n) is 11.7. The van der Waals surface area contributed by atoms with E-state index in [1.165, 1.54) is 14.2 Å². The number of ether oxygens (including phenoxy) is 4. The quantitative estimate of drug-likeness (QED) is 0.524. The highest BCUT2D eigenvalue weighted by molar-refractivity contribution is 6.23. The number of carbonyl (C=O) groups is 3. The van der Waals surface area contributed by atoms with E-state index in [-0.39, 0.29) is 41.6 Å². The second-order valence-corrected chi connectivity index (χ2v) is 8.48. The predicted octanol–water partition coefficient (Wildman–Crippen LogP) is 3.25. The highest BCUT2D eigenvalue weighted by Crippen LogP contribution is 2.33. The molecule has 1 amide bonds. The molecule has 0 radical (unpaired) electrons. The average Bonchev–Trinajstić information content (AvgIpc) is 2.92. The first-order valence-corrected chi connectivity index (χ1v) is 11.7. The first kappa shape index (κ1) is 25.2. The van der Waals surface area contributed by atoms with Crippen LogP contribution in [-0.2, 0) is 36.8 Å². The summed E-state index contributed by atoms with van der Waals surface area (Å²) in [5, 5.41) is 0. The minimum atomic E-state index is -0.426. The molecule has 1 fully saturated rings. The number of nitrogens with zero attached hydrogens (tertiary/aromatic N) is 1. The number of Topliss-reactive ketones (excluding diaryl/α,β-unsaturated/α-hetero) is 2. The minimum absolute atomic E-state index is 0.0919. The molecule has 188 valence electrons. The van der Waals surface area contributed by atoms with Crippen molar-refractivity contribution in [2.24, 2.45) is 0 Å². The van der Waals surface area contributed by atoms with Gasteiger partial charge in [0.05, 0.1) is 33.0 Å². The van der Waals surface area contributed by atoms with Crippen molar-refractivity contribution in [3.63, 3.8) is 0 Å². The summed E-state index contributed by atoms with van der Waals surface area (Å²) in [7, 11) is 2.65. The third-order valence-corrected chi connectivity index (χ3v) is 6.31. The molecule has 2 aliphatic rings. The van der Waals surface area contributed by atoms with Gasteiger partial charge in [-0.25, -0.2) is 0 Å². The van der Waals surface area contributed by atoms with Crippen LogP contribution in [0.4, 0.5) is 0 Å². The Kier molecular flexibility index (Phi) is 7.85.